The number of hydrogen-bond donors (Lipinski definition) is 2. The summed E-state index contributed by atoms with van der Waals surface area (Å²) in [5, 5.41) is 12.9. The molecule has 0 spiro atoms. The zero-order valence-corrected chi connectivity index (χ0v) is 6.39. The van der Waals surface area contributed by atoms with Gasteiger partial charge in [-0.05, 0) is 25.9 Å². The van der Waals surface area contributed by atoms with Crippen LogP contribution in [-0.4, -0.2) is 37.5 Å². The molecule has 0 radical (unpaired) electrons. The molecule has 1 aliphatic rings. The standard InChI is InChI=1S/C7H15NO2/c1-10-6-7(9)2-4-8-5-3-7/h8-9H,2-6H2,1H3. The second kappa shape index (κ2) is 3.32. The molecule has 0 aromatic rings. The predicted octanol–water partition coefficient (Wildman–Crippen LogP) is -0.253. The van der Waals surface area contributed by atoms with E-state index in [0.29, 0.717) is 6.61 Å². The molecule has 3 nitrogen and oxygen atoms in total. The Labute approximate surface area is 61.4 Å². The summed E-state index contributed by atoms with van der Waals surface area (Å²) < 4.78 is 4.91. The van der Waals surface area contributed by atoms with E-state index in [2.05, 4.69) is 5.32 Å². The molecular weight excluding hydrogens is 130 g/mol. The average molecular weight is 145 g/mol. The molecule has 0 aromatic carbocycles. The highest BCUT2D eigenvalue weighted by Gasteiger charge is 2.28. The van der Waals surface area contributed by atoms with Gasteiger partial charge in [0.2, 0.25) is 0 Å². The molecule has 1 rings (SSSR count). The van der Waals surface area contributed by atoms with E-state index >= 15 is 0 Å². The third-order valence-electron chi connectivity index (χ3n) is 1.95. The van der Waals surface area contributed by atoms with Crippen LogP contribution in [0.3, 0.4) is 0 Å². The molecule has 2 N–H and O–H groups in total. The lowest BCUT2D eigenvalue weighted by Crippen LogP contribution is -2.44. The first-order valence-corrected chi connectivity index (χ1v) is 3.69. The zero-order valence-electron chi connectivity index (χ0n) is 6.39. The van der Waals surface area contributed by atoms with E-state index < -0.39 is 5.60 Å². The summed E-state index contributed by atoms with van der Waals surface area (Å²) in [5.41, 5.74) is -0.556. The lowest BCUT2D eigenvalue weighted by molar-refractivity contribution is -0.0509. The fourth-order valence-electron chi connectivity index (χ4n) is 1.31. The molecular formula is C7H15NO2. The van der Waals surface area contributed by atoms with Crippen LogP contribution in [0.4, 0.5) is 0 Å². The summed E-state index contributed by atoms with van der Waals surface area (Å²) in [6, 6.07) is 0. The molecule has 60 valence electrons. The van der Waals surface area contributed by atoms with Crippen LogP contribution in [0.2, 0.25) is 0 Å². The summed E-state index contributed by atoms with van der Waals surface area (Å²) in [6.07, 6.45) is 1.61. The van der Waals surface area contributed by atoms with Crippen LogP contribution in [-0.2, 0) is 4.74 Å². The second-order valence-corrected chi connectivity index (χ2v) is 2.91. The monoisotopic (exact) mass is 145 g/mol. The maximum absolute atomic E-state index is 9.71. The number of nitrogens with one attached hydrogen (secondary N) is 1. The fraction of sp³-hybridized carbons (Fsp3) is 1.00. The highest BCUT2D eigenvalue weighted by atomic mass is 16.5. The highest BCUT2D eigenvalue weighted by Crippen LogP contribution is 2.17. The van der Waals surface area contributed by atoms with Crippen molar-refractivity contribution < 1.29 is 9.84 Å². The van der Waals surface area contributed by atoms with E-state index in [4.69, 9.17) is 4.74 Å². The Bertz CT molecular complexity index is 94.3. The molecule has 1 aliphatic heterocycles. The van der Waals surface area contributed by atoms with Gasteiger partial charge < -0.3 is 15.2 Å². The van der Waals surface area contributed by atoms with Gasteiger partial charge in [-0.25, -0.2) is 0 Å². The number of methoxy groups -OCH3 is 1. The normalized spacial score (nSPS) is 24.6. The van der Waals surface area contributed by atoms with Crippen molar-refractivity contribution in [1.82, 2.24) is 5.32 Å². The summed E-state index contributed by atoms with van der Waals surface area (Å²) >= 11 is 0. The minimum absolute atomic E-state index is 0.467. The third-order valence-corrected chi connectivity index (χ3v) is 1.95. The van der Waals surface area contributed by atoms with Crippen LogP contribution in [0.25, 0.3) is 0 Å². The Morgan fingerprint density at radius 3 is 2.60 bits per heavy atom. The summed E-state index contributed by atoms with van der Waals surface area (Å²) in [4.78, 5) is 0. The first kappa shape index (κ1) is 7.98. The fourth-order valence-corrected chi connectivity index (χ4v) is 1.31. The van der Waals surface area contributed by atoms with Crippen LogP contribution < -0.4 is 5.32 Å². The van der Waals surface area contributed by atoms with E-state index in [1.165, 1.54) is 0 Å². The van der Waals surface area contributed by atoms with Gasteiger partial charge in [0.25, 0.3) is 0 Å². The highest BCUT2D eigenvalue weighted by molar-refractivity contribution is 4.83. The van der Waals surface area contributed by atoms with E-state index in [1.807, 2.05) is 0 Å². The first-order valence-electron chi connectivity index (χ1n) is 3.69. The Morgan fingerprint density at radius 1 is 1.50 bits per heavy atom. The minimum atomic E-state index is -0.556. The van der Waals surface area contributed by atoms with E-state index in [1.54, 1.807) is 7.11 Å². The van der Waals surface area contributed by atoms with Crippen LogP contribution in [0.1, 0.15) is 12.8 Å². The van der Waals surface area contributed by atoms with Gasteiger partial charge in [-0.3, -0.25) is 0 Å². The molecule has 0 amide bonds. The van der Waals surface area contributed by atoms with Crippen LogP contribution in [0, 0.1) is 0 Å². The van der Waals surface area contributed by atoms with Crippen LogP contribution in [0.15, 0.2) is 0 Å². The van der Waals surface area contributed by atoms with Gasteiger partial charge in [-0.15, -0.1) is 0 Å². The van der Waals surface area contributed by atoms with Crippen molar-refractivity contribution in [3.8, 4) is 0 Å². The van der Waals surface area contributed by atoms with Gasteiger partial charge in [0.15, 0.2) is 0 Å². The SMILES string of the molecule is COCC1(O)CCNCC1. The summed E-state index contributed by atoms with van der Waals surface area (Å²) in [5.74, 6) is 0. The Balaban J connectivity index is 2.32. The van der Waals surface area contributed by atoms with E-state index in [-0.39, 0.29) is 0 Å². The van der Waals surface area contributed by atoms with Gasteiger partial charge in [0, 0.05) is 7.11 Å². The van der Waals surface area contributed by atoms with Crippen molar-refractivity contribution in [3.63, 3.8) is 0 Å². The zero-order chi connectivity index (χ0) is 7.45. The molecule has 0 unspecified atom stereocenters. The number of hydrogen-bond acceptors (Lipinski definition) is 3. The van der Waals surface area contributed by atoms with Crippen molar-refractivity contribution in [2.75, 3.05) is 26.8 Å². The van der Waals surface area contributed by atoms with Crippen LogP contribution >= 0.6 is 0 Å². The smallest absolute Gasteiger partial charge is 0.0904 e. The molecule has 1 saturated heterocycles. The molecule has 1 fully saturated rings. The van der Waals surface area contributed by atoms with Crippen molar-refractivity contribution in [3.05, 3.63) is 0 Å². The Kier molecular flexibility index (Phi) is 2.65. The molecule has 3 heteroatoms. The quantitative estimate of drug-likeness (QED) is 0.563. The maximum Gasteiger partial charge on any atom is 0.0904 e. The van der Waals surface area contributed by atoms with Crippen molar-refractivity contribution in [2.24, 2.45) is 0 Å². The summed E-state index contributed by atoms with van der Waals surface area (Å²) in [6.45, 7) is 2.27. The Morgan fingerprint density at radius 2 is 2.10 bits per heavy atom. The molecule has 0 aromatic heterocycles. The molecule has 0 bridgehead atoms. The molecule has 10 heavy (non-hydrogen) atoms. The number of rotatable bonds is 2. The average Bonchev–Trinajstić information content (AvgIpc) is 1.89. The molecule has 0 atom stereocenters. The van der Waals surface area contributed by atoms with Gasteiger partial charge >= 0.3 is 0 Å². The predicted molar refractivity (Wildman–Crippen MR) is 38.9 cm³/mol. The molecule has 1 heterocycles. The van der Waals surface area contributed by atoms with Gasteiger partial charge in [-0.1, -0.05) is 0 Å². The third kappa shape index (κ3) is 1.94. The number of aliphatic hydroxyl groups is 1. The van der Waals surface area contributed by atoms with E-state index in [9.17, 15) is 5.11 Å². The minimum Gasteiger partial charge on any atom is -0.387 e. The lowest BCUT2D eigenvalue weighted by atomic mass is 9.94. The second-order valence-electron chi connectivity index (χ2n) is 2.91. The summed E-state index contributed by atoms with van der Waals surface area (Å²) in [7, 11) is 1.63. The van der Waals surface area contributed by atoms with E-state index in [0.717, 1.165) is 25.9 Å². The van der Waals surface area contributed by atoms with Crippen molar-refractivity contribution in [1.29, 1.82) is 0 Å². The maximum atomic E-state index is 9.71. The van der Waals surface area contributed by atoms with Crippen molar-refractivity contribution in [2.45, 2.75) is 18.4 Å². The van der Waals surface area contributed by atoms with Gasteiger partial charge in [0.1, 0.15) is 0 Å². The van der Waals surface area contributed by atoms with Crippen LogP contribution in [0.5, 0.6) is 0 Å². The van der Waals surface area contributed by atoms with Gasteiger partial charge in [-0.2, -0.15) is 0 Å². The van der Waals surface area contributed by atoms with Crippen molar-refractivity contribution >= 4 is 0 Å². The lowest BCUT2D eigenvalue weighted by Gasteiger charge is -2.31. The molecule has 0 aliphatic carbocycles. The number of piperidine rings is 1. The van der Waals surface area contributed by atoms with Gasteiger partial charge in [0.05, 0.1) is 12.2 Å². The Hall–Kier alpha value is -0.120. The first-order chi connectivity index (χ1) is 4.77. The largest absolute Gasteiger partial charge is 0.387 e. The number of ether oxygens (including phenoxy) is 1. The molecule has 0 saturated carbocycles. The topological polar surface area (TPSA) is 41.5 Å².